The third kappa shape index (κ3) is 3.19. The van der Waals surface area contributed by atoms with E-state index in [1.165, 1.54) is 18.4 Å². The van der Waals surface area contributed by atoms with Crippen LogP contribution in [0.25, 0.3) is 0 Å². The highest BCUT2D eigenvalue weighted by molar-refractivity contribution is 5.49. The lowest BCUT2D eigenvalue weighted by Crippen LogP contribution is -2.28. The van der Waals surface area contributed by atoms with Gasteiger partial charge in [0.2, 0.25) is 0 Å². The van der Waals surface area contributed by atoms with Crippen molar-refractivity contribution < 1.29 is 14.2 Å². The maximum Gasteiger partial charge on any atom is 0.128 e. The molecule has 106 valence electrons. The summed E-state index contributed by atoms with van der Waals surface area (Å²) in [6.45, 7) is 2.64. The van der Waals surface area contributed by atoms with Gasteiger partial charge in [0.25, 0.3) is 0 Å². The first-order chi connectivity index (χ1) is 9.30. The van der Waals surface area contributed by atoms with Gasteiger partial charge in [0.15, 0.2) is 0 Å². The van der Waals surface area contributed by atoms with Crippen LogP contribution in [0.3, 0.4) is 0 Å². The first kappa shape index (κ1) is 14.2. The second kappa shape index (κ2) is 6.78. The summed E-state index contributed by atoms with van der Waals surface area (Å²) in [6, 6.07) is 4.24. The maximum absolute atomic E-state index is 5.49. The van der Waals surface area contributed by atoms with Gasteiger partial charge in [0.1, 0.15) is 11.5 Å². The van der Waals surface area contributed by atoms with E-state index in [1.807, 2.05) is 0 Å². The molecule has 0 bridgehead atoms. The van der Waals surface area contributed by atoms with Crippen LogP contribution in [0, 0.1) is 0 Å². The van der Waals surface area contributed by atoms with Crippen molar-refractivity contribution in [1.82, 2.24) is 5.32 Å². The Morgan fingerprint density at radius 2 is 1.84 bits per heavy atom. The molecule has 0 amide bonds. The Balaban J connectivity index is 2.34. The summed E-state index contributed by atoms with van der Waals surface area (Å²) in [5.41, 5.74) is 2.25. The second-order valence-electron chi connectivity index (χ2n) is 4.88. The Morgan fingerprint density at radius 3 is 2.32 bits per heavy atom. The molecular weight excluding hydrogens is 242 g/mol. The Bertz CT molecular complexity index is 389. The van der Waals surface area contributed by atoms with Crippen molar-refractivity contribution >= 4 is 0 Å². The van der Waals surface area contributed by atoms with Crippen LogP contribution in [0.15, 0.2) is 12.1 Å². The van der Waals surface area contributed by atoms with Crippen molar-refractivity contribution in [2.45, 2.75) is 25.4 Å². The second-order valence-corrected chi connectivity index (χ2v) is 4.88. The zero-order valence-electron chi connectivity index (χ0n) is 12.0. The minimum absolute atomic E-state index is 0.496. The largest absolute Gasteiger partial charge is 0.496 e. The molecule has 1 aromatic carbocycles. The van der Waals surface area contributed by atoms with Crippen LogP contribution in [-0.4, -0.2) is 34.4 Å². The fourth-order valence-electron chi connectivity index (χ4n) is 2.66. The molecule has 1 aromatic rings. The van der Waals surface area contributed by atoms with Crippen LogP contribution >= 0.6 is 0 Å². The molecule has 1 heterocycles. The number of piperidine rings is 1. The molecule has 1 N–H and O–H groups in total. The molecule has 0 aromatic heterocycles. The topological polar surface area (TPSA) is 39.7 Å². The summed E-state index contributed by atoms with van der Waals surface area (Å²) >= 11 is 0. The Hall–Kier alpha value is -1.26. The molecule has 1 unspecified atom stereocenters. The summed E-state index contributed by atoms with van der Waals surface area (Å²) in [4.78, 5) is 0. The standard InChI is InChI=1S/C15H23NO3/c1-17-10-13-14(18-2)7-12(8-15(13)19-3)11-5-4-6-16-9-11/h7-8,11,16H,4-6,9-10H2,1-3H3. The highest BCUT2D eigenvalue weighted by atomic mass is 16.5. The summed E-state index contributed by atoms with van der Waals surface area (Å²) in [5, 5.41) is 3.44. The first-order valence-electron chi connectivity index (χ1n) is 6.74. The highest BCUT2D eigenvalue weighted by Gasteiger charge is 2.19. The zero-order chi connectivity index (χ0) is 13.7. The average Bonchev–Trinajstić information content (AvgIpc) is 2.48. The van der Waals surface area contributed by atoms with Crippen LogP contribution in [0.5, 0.6) is 11.5 Å². The maximum atomic E-state index is 5.49. The van der Waals surface area contributed by atoms with Crippen molar-refractivity contribution in [2.24, 2.45) is 0 Å². The lowest BCUT2D eigenvalue weighted by atomic mass is 9.90. The lowest BCUT2D eigenvalue weighted by molar-refractivity contribution is 0.178. The van der Waals surface area contributed by atoms with Gasteiger partial charge in [0, 0.05) is 13.7 Å². The van der Waals surface area contributed by atoms with E-state index in [0.29, 0.717) is 12.5 Å². The highest BCUT2D eigenvalue weighted by Crippen LogP contribution is 2.35. The number of benzene rings is 1. The van der Waals surface area contributed by atoms with Crippen molar-refractivity contribution in [3.05, 3.63) is 23.3 Å². The Morgan fingerprint density at radius 1 is 1.16 bits per heavy atom. The smallest absolute Gasteiger partial charge is 0.128 e. The molecule has 1 aliphatic rings. The van der Waals surface area contributed by atoms with Gasteiger partial charge in [-0.2, -0.15) is 0 Å². The molecule has 4 heteroatoms. The van der Waals surface area contributed by atoms with Gasteiger partial charge in [-0.3, -0.25) is 0 Å². The fraction of sp³-hybridized carbons (Fsp3) is 0.600. The molecule has 0 radical (unpaired) electrons. The third-order valence-electron chi connectivity index (χ3n) is 3.69. The summed E-state index contributed by atoms with van der Waals surface area (Å²) in [5.74, 6) is 2.23. The van der Waals surface area contributed by atoms with Crippen molar-refractivity contribution in [3.63, 3.8) is 0 Å². The van der Waals surface area contributed by atoms with Gasteiger partial charge in [-0.1, -0.05) is 0 Å². The third-order valence-corrected chi connectivity index (χ3v) is 3.69. The molecule has 0 spiro atoms. The summed E-state index contributed by atoms with van der Waals surface area (Å²) in [6.07, 6.45) is 2.43. The van der Waals surface area contributed by atoms with Crippen LogP contribution in [0.2, 0.25) is 0 Å². The van der Waals surface area contributed by atoms with E-state index in [-0.39, 0.29) is 0 Å². The minimum atomic E-state index is 0.496. The minimum Gasteiger partial charge on any atom is -0.496 e. The van der Waals surface area contributed by atoms with Crippen LogP contribution < -0.4 is 14.8 Å². The summed E-state index contributed by atoms with van der Waals surface area (Å²) in [7, 11) is 5.06. The van der Waals surface area contributed by atoms with Crippen molar-refractivity contribution in [1.29, 1.82) is 0 Å². The molecule has 2 rings (SSSR count). The Kier molecular flexibility index (Phi) is 5.05. The van der Waals surface area contributed by atoms with Crippen molar-refractivity contribution in [3.8, 4) is 11.5 Å². The van der Waals surface area contributed by atoms with Gasteiger partial charge >= 0.3 is 0 Å². The molecule has 19 heavy (non-hydrogen) atoms. The number of ether oxygens (including phenoxy) is 3. The van der Waals surface area contributed by atoms with Crippen LogP contribution in [0.1, 0.15) is 29.9 Å². The van der Waals surface area contributed by atoms with E-state index < -0.39 is 0 Å². The quantitative estimate of drug-likeness (QED) is 0.887. The summed E-state index contributed by atoms with van der Waals surface area (Å²) < 4.78 is 16.2. The predicted molar refractivity (Wildman–Crippen MR) is 75.1 cm³/mol. The molecule has 1 aliphatic heterocycles. The van der Waals surface area contributed by atoms with Crippen LogP contribution in [-0.2, 0) is 11.3 Å². The molecule has 0 aliphatic carbocycles. The van der Waals surface area contributed by atoms with E-state index in [2.05, 4.69) is 17.4 Å². The van der Waals surface area contributed by atoms with Gasteiger partial charge in [-0.05, 0) is 43.0 Å². The van der Waals surface area contributed by atoms with E-state index in [1.54, 1.807) is 21.3 Å². The SMILES string of the molecule is COCc1c(OC)cc(C2CCCNC2)cc1OC. The number of methoxy groups -OCH3 is 3. The predicted octanol–water partition coefficient (Wildman–Crippen LogP) is 2.32. The van der Waals surface area contributed by atoms with E-state index in [4.69, 9.17) is 14.2 Å². The number of hydrogen-bond donors (Lipinski definition) is 1. The molecule has 0 saturated carbocycles. The molecule has 1 fully saturated rings. The number of rotatable bonds is 5. The molecule has 1 saturated heterocycles. The van der Waals surface area contributed by atoms with E-state index in [0.717, 1.165) is 30.2 Å². The van der Waals surface area contributed by atoms with E-state index in [9.17, 15) is 0 Å². The lowest BCUT2D eigenvalue weighted by Gasteiger charge is -2.25. The molecule has 4 nitrogen and oxygen atoms in total. The normalized spacial score (nSPS) is 19.2. The van der Waals surface area contributed by atoms with Gasteiger partial charge < -0.3 is 19.5 Å². The van der Waals surface area contributed by atoms with Crippen molar-refractivity contribution in [2.75, 3.05) is 34.4 Å². The van der Waals surface area contributed by atoms with Gasteiger partial charge in [-0.25, -0.2) is 0 Å². The Labute approximate surface area is 115 Å². The van der Waals surface area contributed by atoms with Crippen LogP contribution in [0.4, 0.5) is 0 Å². The molecule has 1 atom stereocenters. The first-order valence-corrected chi connectivity index (χ1v) is 6.74. The van der Waals surface area contributed by atoms with Gasteiger partial charge in [0.05, 0.1) is 26.4 Å². The molecular formula is C15H23NO3. The fourth-order valence-corrected chi connectivity index (χ4v) is 2.66. The monoisotopic (exact) mass is 265 g/mol. The number of hydrogen-bond acceptors (Lipinski definition) is 4. The number of nitrogens with one attached hydrogen (secondary N) is 1. The van der Waals surface area contributed by atoms with Gasteiger partial charge in [-0.15, -0.1) is 0 Å². The van der Waals surface area contributed by atoms with E-state index >= 15 is 0 Å². The zero-order valence-corrected chi connectivity index (χ0v) is 12.0. The average molecular weight is 265 g/mol.